The van der Waals surface area contributed by atoms with Gasteiger partial charge in [-0.25, -0.2) is 0 Å². The van der Waals surface area contributed by atoms with Gasteiger partial charge in [-0.3, -0.25) is 7.32 Å². The van der Waals surface area contributed by atoms with Crippen LogP contribution in [0.15, 0.2) is 0 Å². The minimum atomic E-state index is -2.92. The maximum atomic E-state index is 8.42. The van der Waals surface area contributed by atoms with Gasteiger partial charge in [0.05, 0.1) is 0 Å². The summed E-state index contributed by atoms with van der Waals surface area (Å²) in [5, 5.41) is 25.2. The van der Waals surface area contributed by atoms with Crippen LogP contribution in [0, 0.1) is 0 Å². The van der Waals surface area contributed by atoms with E-state index in [-0.39, 0.29) is 53.3 Å². The average molecular weight is 205 g/mol. The van der Waals surface area contributed by atoms with Crippen LogP contribution in [0.4, 0.5) is 0 Å². The molecule has 0 amide bonds. The SMILES string of the molecule is O.O.O.[Al+3].[O-]B([O-])[O-].[Zn]. The summed E-state index contributed by atoms with van der Waals surface area (Å²) in [5.41, 5.74) is 0. The molecule has 0 aromatic heterocycles. The molecule has 0 atom stereocenters. The smallest absolute Gasteiger partial charge is 0.907 e. The normalized spacial score (nSPS) is 3.00. The van der Waals surface area contributed by atoms with Crippen LogP contribution >= 0.6 is 0 Å². The van der Waals surface area contributed by atoms with Gasteiger partial charge in [0, 0.05) is 19.5 Å². The zero-order valence-corrected chi connectivity index (χ0v) is 8.71. The van der Waals surface area contributed by atoms with Crippen molar-refractivity contribution >= 4 is 24.7 Å². The van der Waals surface area contributed by atoms with E-state index in [1.165, 1.54) is 0 Å². The fraction of sp³-hybridized carbons (Fsp3) is 0. The third-order valence-electron chi connectivity index (χ3n) is 0. The molecule has 0 rings (SSSR count). The molecule has 0 aliphatic heterocycles. The second kappa shape index (κ2) is 36.1. The van der Waals surface area contributed by atoms with Crippen LogP contribution in [0.2, 0.25) is 0 Å². The van der Waals surface area contributed by atoms with Crippen molar-refractivity contribution in [1.29, 1.82) is 0 Å². The summed E-state index contributed by atoms with van der Waals surface area (Å²) in [7, 11) is -2.92. The molecule has 6 nitrogen and oxygen atoms in total. The molecule has 9 heteroatoms. The summed E-state index contributed by atoms with van der Waals surface area (Å²) in [6, 6.07) is 0. The summed E-state index contributed by atoms with van der Waals surface area (Å²) in [5.74, 6) is 0. The molecule has 0 aliphatic carbocycles. The molecule has 0 fully saturated rings. The molecule has 0 spiro atoms. The van der Waals surface area contributed by atoms with Crippen molar-refractivity contribution in [2.45, 2.75) is 0 Å². The Morgan fingerprint density at radius 1 is 0.778 bits per heavy atom. The second-order valence-corrected chi connectivity index (χ2v) is 0.289. The average Bonchev–Trinajstić information content (AvgIpc) is 0.811. The molecule has 0 saturated heterocycles. The zero-order chi connectivity index (χ0) is 3.58. The maximum Gasteiger partial charge on any atom is 3.00 e. The Morgan fingerprint density at radius 2 is 0.778 bits per heavy atom. The van der Waals surface area contributed by atoms with Gasteiger partial charge in [-0.1, -0.05) is 0 Å². The predicted octanol–water partition coefficient (Wildman–Crippen LogP) is -6.81. The summed E-state index contributed by atoms with van der Waals surface area (Å²) in [4.78, 5) is 0. The summed E-state index contributed by atoms with van der Waals surface area (Å²) in [6.45, 7) is 0. The molecule has 6 N–H and O–H groups in total. The third kappa shape index (κ3) is 455. The first kappa shape index (κ1) is 50.8. The largest absolute Gasteiger partial charge is 3.00 e. The van der Waals surface area contributed by atoms with Crippen LogP contribution < -0.4 is 15.1 Å². The minimum Gasteiger partial charge on any atom is -0.907 e. The molecule has 9 heavy (non-hydrogen) atoms. The van der Waals surface area contributed by atoms with E-state index in [2.05, 4.69) is 0 Å². The first-order valence-corrected chi connectivity index (χ1v) is 0.707. The molecule has 0 aliphatic rings. The topological polar surface area (TPSA) is 164 Å². The van der Waals surface area contributed by atoms with E-state index in [0.29, 0.717) is 0 Å². The Balaban J connectivity index is -0.00000000450. The van der Waals surface area contributed by atoms with Gasteiger partial charge in [-0.05, 0) is 0 Å². The summed E-state index contributed by atoms with van der Waals surface area (Å²) < 4.78 is 0. The van der Waals surface area contributed by atoms with Crippen molar-refractivity contribution in [3.05, 3.63) is 0 Å². The van der Waals surface area contributed by atoms with Gasteiger partial charge < -0.3 is 31.5 Å². The van der Waals surface area contributed by atoms with Crippen LogP contribution in [0.5, 0.6) is 0 Å². The Labute approximate surface area is 75.9 Å². The van der Waals surface area contributed by atoms with Crippen LogP contribution in [0.25, 0.3) is 0 Å². The van der Waals surface area contributed by atoms with Crippen molar-refractivity contribution in [2.24, 2.45) is 0 Å². The Hall–Kier alpha value is 0.981. The quantitative estimate of drug-likeness (QED) is 0.359. The zero-order valence-electron chi connectivity index (χ0n) is 4.59. The van der Waals surface area contributed by atoms with Crippen molar-refractivity contribution in [2.75, 3.05) is 0 Å². The van der Waals surface area contributed by atoms with E-state index < -0.39 is 7.32 Å². The van der Waals surface area contributed by atoms with E-state index >= 15 is 0 Å². The van der Waals surface area contributed by atoms with Crippen molar-refractivity contribution in [3.8, 4) is 0 Å². The van der Waals surface area contributed by atoms with Gasteiger partial charge in [0.25, 0.3) is 0 Å². The predicted molar refractivity (Wildman–Crippen MR) is 22.3 cm³/mol. The Morgan fingerprint density at radius 3 is 0.778 bits per heavy atom. The van der Waals surface area contributed by atoms with E-state index in [4.69, 9.17) is 15.1 Å². The molecular formula is H6AlBO6Zn. The number of hydrogen-bond acceptors (Lipinski definition) is 3. The van der Waals surface area contributed by atoms with Gasteiger partial charge in [0.2, 0.25) is 0 Å². The van der Waals surface area contributed by atoms with E-state index in [1.54, 1.807) is 0 Å². The Bertz CT molecular complexity index is 17.8. The second-order valence-electron chi connectivity index (χ2n) is 0.289. The summed E-state index contributed by atoms with van der Waals surface area (Å²) >= 11 is 0. The van der Waals surface area contributed by atoms with Crippen molar-refractivity contribution in [1.82, 2.24) is 0 Å². The molecule has 0 bridgehead atoms. The minimum absolute atomic E-state index is 0. The van der Waals surface area contributed by atoms with Crippen molar-refractivity contribution in [3.63, 3.8) is 0 Å². The number of rotatable bonds is 0. The Kier molecular flexibility index (Phi) is 204. The number of hydrogen-bond donors (Lipinski definition) is 0. The van der Waals surface area contributed by atoms with Gasteiger partial charge >= 0.3 is 17.4 Å². The molecule has 0 saturated carbocycles. The fourth-order valence-electron chi connectivity index (χ4n) is 0. The van der Waals surface area contributed by atoms with Crippen LogP contribution in [-0.4, -0.2) is 41.1 Å². The van der Waals surface area contributed by atoms with Crippen LogP contribution in [-0.2, 0) is 19.5 Å². The fourth-order valence-corrected chi connectivity index (χ4v) is 0. The molecule has 0 heterocycles. The van der Waals surface area contributed by atoms with Gasteiger partial charge in [-0.2, -0.15) is 0 Å². The first-order valence-electron chi connectivity index (χ1n) is 0.707. The van der Waals surface area contributed by atoms with E-state index in [1.807, 2.05) is 0 Å². The molecule has 0 aromatic rings. The molecule has 0 aromatic carbocycles. The van der Waals surface area contributed by atoms with Crippen LogP contribution in [0.1, 0.15) is 0 Å². The standard InChI is InChI=1S/Al.BO3.3H2O.Zn/c;2-1(3)4;;;;/h;;3*1H2;/q+3;-3;;;;. The van der Waals surface area contributed by atoms with E-state index in [0.717, 1.165) is 0 Å². The monoisotopic (exact) mass is 204 g/mol. The molecule has 0 unspecified atom stereocenters. The van der Waals surface area contributed by atoms with Gasteiger partial charge in [0.1, 0.15) is 0 Å². The van der Waals surface area contributed by atoms with Crippen molar-refractivity contribution < 1.29 is 51.0 Å². The maximum absolute atomic E-state index is 8.42. The van der Waals surface area contributed by atoms with Gasteiger partial charge in [0.15, 0.2) is 0 Å². The van der Waals surface area contributed by atoms with E-state index in [9.17, 15) is 0 Å². The first-order chi connectivity index (χ1) is 1.73. The molecule has 0 radical (unpaired) electrons. The van der Waals surface area contributed by atoms with Crippen LogP contribution in [0.3, 0.4) is 0 Å². The summed E-state index contributed by atoms with van der Waals surface area (Å²) in [6.07, 6.45) is 0. The third-order valence-corrected chi connectivity index (χ3v) is 0. The molecular weight excluding hydrogens is 199 g/mol. The molecule has 50 valence electrons. The van der Waals surface area contributed by atoms with Gasteiger partial charge in [-0.15, -0.1) is 0 Å².